The van der Waals surface area contributed by atoms with E-state index in [-0.39, 0.29) is 25.2 Å². The molecule has 126 valence electrons. The molecule has 0 aliphatic heterocycles. The molecular weight excluding hydrogens is 352 g/mol. The van der Waals surface area contributed by atoms with Crippen LogP contribution in [0.3, 0.4) is 0 Å². The van der Waals surface area contributed by atoms with Crippen molar-refractivity contribution in [1.82, 2.24) is 0 Å². The fraction of sp³-hybridized carbons (Fsp3) is 0.700. The van der Waals surface area contributed by atoms with Crippen molar-refractivity contribution >= 4 is 17.4 Å². The summed E-state index contributed by atoms with van der Waals surface area (Å²) in [5, 5.41) is -0.495. The van der Waals surface area contributed by atoms with E-state index in [1.54, 1.807) is 13.8 Å². The molecule has 0 aromatic heterocycles. The Balaban J connectivity index is 0. The number of rotatable bonds is 5. The smallest absolute Gasteiger partial charge is 0.460 e. The average molecular weight is 365 g/mol. The first-order valence-corrected chi connectivity index (χ1v) is 5.80. The Morgan fingerprint density at radius 1 is 1.00 bits per heavy atom. The monoisotopic (exact) mass is 364 g/mol. The first kappa shape index (κ1) is 22.6. The van der Waals surface area contributed by atoms with Crippen LogP contribution in [0.1, 0.15) is 26.7 Å². The van der Waals surface area contributed by atoms with Gasteiger partial charge in [-0.2, -0.15) is 30.7 Å². The first-order valence-electron chi connectivity index (χ1n) is 5.42. The highest BCUT2D eigenvalue weighted by Crippen LogP contribution is 2.45. The Bertz CT molecular complexity index is 410. The molecule has 2 nitrogen and oxygen atoms in total. The third-order valence-corrected chi connectivity index (χ3v) is 2.86. The van der Waals surface area contributed by atoms with Crippen LogP contribution in [0.5, 0.6) is 0 Å². The van der Waals surface area contributed by atoms with Crippen LogP contribution in [0.15, 0.2) is 10.7 Å². The maximum atomic E-state index is 13.1. The van der Waals surface area contributed by atoms with Gasteiger partial charge in [0.25, 0.3) is 0 Å². The molecular formula is C10H13Cl2F7N2. The predicted molar refractivity (Wildman–Crippen MR) is 59.6 cm³/mol. The molecule has 0 aliphatic rings. The lowest BCUT2D eigenvalue weighted by molar-refractivity contribution is -0.410. The third-order valence-electron chi connectivity index (χ3n) is 2.50. The highest BCUT2D eigenvalue weighted by Gasteiger charge is 2.76. The van der Waals surface area contributed by atoms with Crippen molar-refractivity contribution in [3.63, 3.8) is 0 Å². The maximum absolute atomic E-state index is 13.1. The second-order valence-corrected chi connectivity index (χ2v) is 4.19. The van der Waals surface area contributed by atoms with Gasteiger partial charge in [0.05, 0.1) is 0 Å². The largest absolute Gasteiger partial charge is 1.00 e. The van der Waals surface area contributed by atoms with Gasteiger partial charge >= 0.3 is 23.9 Å². The van der Waals surface area contributed by atoms with Gasteiger partial charge in [0.1, 0.15) is 0 Å². The molecule has 11 heteroatoms. The van der Waals surface area contributed by atoms with E-state index in [2.05, 4.69) is 5.73 Å². The molecule has 21 heavy (non-hydrogen) atoms. The highest BCUT2D eigenvalue weighted by molar-refractivity contribution is 6.28. The number of hydrogen-bond donors (Lipinski definition) is 2. The molecule has 0 saturated heterocycles. The number of nitrogens with two attached hydrogens (primary N) is 1. The van der Waals surface area contributed by atoms with Gasteiger partial charge in [0.15, 0.2) is 5.16 Å². The zero-order chi connectivity index (χ0) is 16.4. The van der Waals surface area contributed by atoms with Crippen LogP contribution in [0.25, 0.3) is 0 Å². The average Bonchev–Trinajstić information content (AvgIpc) is 2.28. The van der Waals surface area contributed by atoms with Gasteiger partial charge in [0, 0.05) is 0 Å². The standard InChI is InChI=1S/C10H12ClF7N2.ClH/c1-3-5(4-2)6(11)20-7(19)8(12,13)9(14,15)10(16,17)18;/h3-4H2,1-2H3,(H2,19,20);1H. The quantitative estimate of drug-likeness (QED) is 0.294. The summed E-state index contributed by atoms with van der Waals surface area (Å²) in [6.45, 7) is 3.20. The van der Waals surface area contributed by atoms with Gasteiger partial charge in [-0.15, -0.1) is 0 Å². The van der Waals surface area contributed by atoms with Crippen LogP contribution in [0.4, 0.5) is 30.7 Å². The number of hydrogen-bond acceptors (Lipinski definition) is 0. The van der Waals surface area contributed by atoms with Crippen LogP contribution < -0.4 is 23.1 Å². The van der Waals surface area contributed by atoms with E-state index in [0.29, 0.717) is 5.57 Å². The normalized spacial score (nSPS) is 13.7. The Morgan fingerprint density at radius 3 is 1.67 bits per heavy atom. The molecule has 0 saturated carbocycles. The summed E-state index contributed by atoms with van der Waals surface area (Å²) in [6, 6.07) is 0. The van der Waals surface area contributed by atoms with Gasteiger partial charge in [-0.1, -0.05) is 13.8 Å². The number of nitrogens with one attached hydrogen (secondary N) is 1. The van der Waals surface area contributed by atoms with Crippen molar-refractivity contribution in [2.45, 2.75) is 44.7 Å². The molecule has 0 unspecified atom stereocenters. The van der Waals surface area contributed by atoms with Crippen molar-refractivity contribution in [2.24, 2.45) is 5.73 Å². The van der Waals surface area contributed by atoms with E-state index in [1.807, 2.05) is 0 Å². The third kappa shape index (κ3) is 4.64. The minimum absolute atomic E-state index is 0. The Kier molecular flexibility index (Phi) is 8.09. The summed E-state index contributed by atoms with van der Waals surface area (Å²) in [7, 11) is 0. The number of halogens is 9. The fourth-order valence-electron chi connectivity index (χ4n) is 1.19. The number of amidine groups is 1. The summed E-state index contributed by atoms with van der Waals surface area (Å²) >= 11 is 5.52. The molecule has 0 aliphatic carbocycles. The molecule has 0 spiro atoms. The van der Waals surface area contributed by atoms with E-state index in [1.165, 1.54) is 4.99 Å². The molecule has 3 N–H and O–H groups in total. The molecule has 0 rings (SSSR count). The van der Waals surface area contributed by atoms with Crippen LogP contribution in [-0.2, 0) is 0 Å². The van der Waals surface area contributed by atoms with Gasteiger partial charge < -0.3 is 12.4 Å². The van der Waals surface area contributed by atoms with E-state index in [9.17, 15) is 30.7 Å². The van der Waals surface area contributed by atoms with Gasteiger partial charge in [-0.25, -0.2) is 4.99 Å². The van der Waals surface area contributed by atoms with E-state index < -0.39 is 29.0 Å². The molecule has 0 amide bonds. The van der Waals surface area contributed by atoms with Gasteiger partial charge in [0.2, 0.25) is 0 Å². The Morgan fingerprint density at radius 2 is 1.38 bits per heavy atom. The Labute approximate surface area is 127 Å². The van der Waals surface area contributed by atoms with Gasteiger partial charge in [-0.05, 0) is 30.0 Å². The van der Waals surface area contributed by atoms with Crippen LogP contribution in [-0.4, -0.2) is 23.9 Å². The molecule has 0 aromatic carbocycles. The van der Waals surface area contributed by atoms with Crippen molar-refractivity contribution in [3.8, 4) is 0 Å². The summed E-state index contributed by atoms with van der Waals surface area (Å²) < 4.78 is 87.5. The summed E-state index contributed by atoms with van der Waals surface area (Å²) in [5.74, 6) is -14.0. The zero-order valence-electron chi connectivity index (χ0n) is 10.9. The highest BCUT2D eigenvalue weighted by atomic mass is 35.5. The maximum Gasteiger partial charge on any atom is 0.460 e. The minimum Gasteiger partial charge on any atom is -1.00 e. The summed E-state index contributed by atoms with van der Waals surface area (Å²) in [5.41, 5.74) is 4.99. The molecule has 0 fully saturated rings. The predicted octanol–water partition coefficient (Wildman–Crippen LogP) is -0.468. The van der Waals surface area contributed by atoms with Crippen molar-refractivity contribution in [3.05, 3.63) is 10.7 Å². The van der Waals surface area contributed by atoms with E-state index in [0.717, 1.165) is 0 Å². The fourth-order valence-corrected chi connectivity index (χ4v) is 1.56. The van der Waals surface area contributed by atoms with Crippen LogP contribution >= 0.6 is 11.6 Å². The van der Waals surface area contributed by atoms with Crippen LogP contribution in [0, 0.1) is 0 Å². The zero-order valence-corrected chi connectivity index (χ0v) is 12.4. The van der Waals surface area contributed by atoms with Gasteiger partial charge in [-0.3, -0.25) is 5.73 Å². The van der Waals surface area contributed by atoms with Crippen molar-refractivity contribution in [1.29, 1.82) is 0 Å². The summed E-state index contributed by atoms with van der Waals surface area (Å²) in [6.07, 6.45) is -5.87. The lowest BCUT2D eigenvalue weighted by Gasteiger charge is -2.25. The second-order valence-electron chi connectivity index (χ2n) is 3.81. The van der Waals surface area contributed by atoms with E-state index >= 15 is 0 Å². The second kappa shape index (κ2) is 7.53. The minimum atomic E-state index is -6.45. The van der Waals surface area contributed by atoms with Crippen molar-refractivity contribution < 1.29 is 48.1 Å². The molecule has 0 bridgehead atoms. The lowest BCUT2D eigenvalue weighted by atomic mass is 10.1. The lowest BCUT2D eigenvalue weighted by Crippen LogP contribution is -3.00. The molecule has 0 heterocycles. The molecule has 0 radical (unpaired) electrons. The Hall–Kier alpha value is -0.700. The summed E-state index contributed by atoms with van der Waals surface area (Å²) in [4.78, 5) is 1.51. The number of allylic oxidation sites excluding steroid dienone is 1. The molecule has 0 atom stereocenters. The molecule has 0 aromatic rings. The van der Waals surface area contributed by atoms with E-state index in [4.69, 9.17) is 11.6 Å². The first-order chi connectivity index (χ1) is 8.82. The SMILES string of the molecule is CCC(CC)=C(Cl)/[NH+]=C(/N)C(F)(F)C(F)(F)C(F)(F)F.[Cl-]. The topological polar surface area (TPSA) is 40.0 Å². The van der Waals surface area contributed by atoms with Crippen molar-refractivity contribution in [2.75, 3.05) is 0 Å². The van der Waals surface area contributed by atoms with Crippen LogP contribution in [0.2, 0.25) is 0 Å². The number of alkyl halides is 7.